The molecule has 0 bridgehead atoms. The summed E-state index contributed by atoms with van der Waals surface area (Å²) in [6, 6.07) is 4.19. The number of nitrogens with zero attached hydrogens (tertiary/aromatic N) is 1. The Balaban J connectivity index is 2.83. The molecule has 0 aliphatic carbocycles. The van der Waals surface area contributed by atoms with Crippen molar-refractivity contribution >= 4 is 27.5 Å². The third kappa shape index (κ3) is 4.95. The van der Waals surface area contributed by atoms with E-state index in [0.717, 1.165) is 4.31 Å². The second kappa shape index (κ2) is 8.47. The summed E-state index contributed by atoms with van der Waals surface area (Å²) in [6.07, 6.45) is 0.690. The van der Waals surface area contributed by atoms with Crippen LogP contribution in [0, 0.1) is 0 Å². The van der Waals surface area contributed by atoms with E-state index in [0.29, 0.717) is 26.2 Å². The van der Waals surface area contributed by atoms with Gasteiger partial charge in [-0.05, 0) is 31.5 Å². The van der Waals surface area contributed by atoms with Crippen LogP contribution in [0.1, 0.15) is 23.7 Å². The number of hydrogen-bond acceptors (Lipinski definition) is 4. The molecule has 0 atom stereocenters. The molecule has 0 unspecified atom stereocenters. The van der Waals surface area contributed by atoms with Crippen LogP contribution in [-0.2, 0) is 14.8 Å². The first-order chi connectivity index (χ1) is 10.3. The van der Waals surface area contributed by atoms with Gasteiger partial charge in [0.1, 0.15) is 4.90 Å². The largest absolute Gasteiger partial charge is 0.382 e. The van der Waals surface area contributed by atoms with Crippen LogP contribution in [0.5, 0.6) is 0 Å². The van der Waals surface area contributed by atoms with Crippen molar-refractivity contribution in [2.24, 2.45) is 0 Å². The lowest BCUT2D eigenvalue weighted by molar-refractivity contribution is 0.0944. The zero-order valence-corrected chi connectivity index (χ0v) is 14.5. The third-order valence-electron chi connectivity index (χ3n) is 2.91. The average Bonchev–Trinajstić information content (AvgIpc) is 2.46. The van der Waals surface area contributed by atoms with Crippen molar-refractivity contribution in [2.75, 3.05) is 33.9 Å². The first kappa shape index (κ1) is 18.9. The lowest BCUT2D eigenvalue weighted by Gasteiger charge is -2.14. The molecule has 0 radical (unpaired) electrons. The lowest BCUT2D eigenvalue weighted by Crippen LogP contribution is -2.26. The van der Waals surface area contributed by atoms with Gasteiger partial charge in [0.2, 0.25) is 10.0 Å². The van der Waals surface area contributed by atoms with Gasteiger partial charge in [-0.3, -0.25) is 4.79 Å². The van der Waals surface area contributed by atoms with Gasteiger partial charge in [0, 0.05) is 39.4 Å². The number of carbonyl (C=O) groups is 1. The molecule has 0 aliphatic rings. The fourth-order valence-electron chi connectivity index (χ4n) is 1.66. The summed E-state index contributed by atoms with van der Waals surface area (Å²) in [6.45, 7) is 3.56. The summed E-state index contributed by atoms with van der Waals surface area (Å²) in [4.78, 5) is 12.0. The van der Waals surface area contributed by atoms with E-state index in [9.17, 15) is 13.2 Å². The number of sulfonamides is 1. The summed E-state index contributed by atoms with van der Waals surface area (Å²) < 4.78 is 30.5. The van der Waals surface area contributed by atoms with E-state index in [1.807, 2.05) is 6.92 Å². The van der Waals surface area contributed by atoms with E-state index in [1.54, 1.807) is 0 Å². The van der Waals surface area contributed by atoms with Crippen molar-refractivity contribution < 1.29 is 17.9 Å². The Morgan fingerprint density at radius 1 is 1.36 bits per heavy atom. The molecule has 124 valence electrons. The molecule has 0 aromatic heterocycles. The Bertz CT molecular complexity index is 617. The number of hydrogen-bond donors (Lipinski definition) is 1. The highest BCUT2D eigenvalue weighted by Gasteiger charge is 2.22. The normalized spacial score (nSPS) is 11.7. The van der Waals surface area contributed by atoms with Crippen molar-refractivity contribution in [1.29, 1.82) is 0 Å². The highest BCUT2D eigenvalue weighted by atomic mass is 35.5. The standard InChI is InChI=1S/C14H21ClN2O4S/c1-4-21-9-5-8-16-14(18)11-6-7-12(15)13(10-11)22(19,20)17(2)3/h6-7,10H,4-5,8-9H2,1-3H3,(H,16,18). The van der Waals surface area contributed by atoms with Crippen LogP contribution < -0.4 is 5.32 Å². The average molecular weight is 349 g/mol. The number of rotatable bonds is 8. The molecule has 0 saturated heterocycles. The highest BCUT2D eigenvalue weighted by molar-refractivity contribution is 7.89. The maximum absolute atomic E-state index is 12.2. The number of halogens is 1. The minimum atomic E-state index is -3.69. The fraction of sp³-hybridized carbons (Fsp3) is 0.500. The Morgan fingerprint density at radius 3 is 2.64 bits per heavy atom. The number of benzene rings is 1. The number of nitrogens with one attached hydrogen (secondary N) is 1. The SMILES string of the molecule is CCOCCCNC(=O)c1ccc(Cl)c(S(=O)(=O)N(C)C)c1. The maximum Gasteiger partial charge on any atom is 0.251 e. The van der Waals surface area contributed by atoms with Crippen LogP contribution in [0.3, 0.4) is 0 Å². The van der Waals surface area contributed by atoms with E-state index in [2.05, 4.69) is 5.32 Å². The Kier molecular flexibility index (Phi) is 7.28. The van der Waals surface area contributed by atoms with Crippen molar-refractivity contribution in [1.82, 2.24) is 9.62 Å². The van der Waals surface area contributed by atoms with Gasteiger partial charge in [0.15, 0.2) is 0 Å². The first-order valence-electron chi connectivity index (χ1n) is 6.88. The van der Waals surface area contributed by atoms with E-state index in [-0.39, 0.29) is 21.4 Å². The molecule has 0 spiro atoms. The molecule has 1 rings (SSSR count). The highest BCUT2D eigenvalue weighted by Crippen LogP contribution is 2.24. The number of carbonyl (C=O) groups excluding carboxylic acids is 1. The van der Waals surface area contributed by atoms with Gasteiger partial charge in [-0.15, -0.1) is 0 Å². The topological polar surface area (TPSA) is 75.7 Å². The molecule has 0 saturated carbocycles. The van der Waals surface area contributed by atoms with Crippen LogP contribution in [0.15, 0.2) is 23.1 Å². The molecule has 0 aliphatic heterocycles. The summed E-state index contributed by atoms with van der Waals surface area (Å²) in [7, 11) is -0.877. The second-order valence-corrected chi connectivity index (χ2v) is 7.27. The predicted octanol–water partition coefficient (Wildman–Crippen LogP) is 1.75. The van der Waals surface area contributed by atoms with Crippen molar-refractivity contribution in [2.45, 2.75) is 18.2 Å². The summed E-state index contributed by atoms with van der Waals surface area (Å²) >= 11 is 5.94. The van der Waals surface area contributed by atoms with Gasteiger partial charge >= 0.3 is 0 Å². The van der Waals surface area contributed by atoms with Gasteiger partial charge in [-0.2, -0.15) is 0 Å². The molecule has 8 heteroatoms. The van der Waals surface area contributed by atoms with E-state index in [1.165, 1.54) is 32.3 Å². The van der Waals surface area contributed by atoms with E-state index >= 15 is 0 Å². The molecule has 1 aromatic carbocycles. The molecule has 1 N–H and O–H groups in total. The maximum atomic E-state index is 12.2. The minimum Gasteiger partial charge on any atom is -0.382 e. The zero-order chi connectivity index (χ0) is 16.8. The summed E-state index contributed by atoms with van der Waals surface area (Å²) in [5, 5.41) is 2.80. The van der Waals surface area contributed by atoms with Gasteiger partial charge in [-0.1, -0.05) is 11.6 Å². The van der Waals surface area contributed by atoms with Crippen LogP contribution in [0.2, 0.25) is 5.02 Å². The second-order valence-electron chi connectivity index (χ2n) is 4.74. The molecule has 1 aromatic rings. The molecule has 0 heterocycles. The molecule has 22 heavy (non-hydrogen) atoms. The zero-order valence-electron chi connectivity index (χ0n) is 12.9. The van der Waals surface area contributed by atoms with Gasteiger partial charge in [-0.25, -0.2) is 12.7 Å². The van der Waals surface area contributed by atoms with Crippen LogP contribution in [-0.4, -0.2) is 52.5 Å². The monoisotopic (exact) mass is 348 g/mol. The van der Waals surface area contributed by atoms with Gasteiger partial charge < -0.3 is 10.1 Å². The fourth-order valence-corrected chi connectivity index (χ4v) is 3.06. The molecular weight excluding hydrogens is 328 g/mol. The molecule has 0 fully saturated rings. The lowest BCUT2D eigenvalue weighted by atomic mass is 10.2. The molecule has 6 nitrogen and oxygen atoms in total. The van der Waals surface area contributed by atoms with Crippen LogP contribution in [0.25, 0.3) is 0 Å². The van der Waals surface area contributed by atoms with Crippen LogP contribution in [0.4, 0.5) is 0 Å². The van der Waals surface area contributed by atoms with Gasteiger partial charge in [0.25, 0.3) is 5.91 Å². The first-order valence-corrected chi connectivity index (χ1v) is 8.70. The van der Waals surface area contributed by atoms with Crippen molar-refractivity contribution in [3.05, 3.63) is 28.8 Å². The Hall–Kier alpha value is -1.15. The molecular formula is C14H21ClN2O4S. The quantitative estimate of drug-likeness (QED) is 0.726. The summed E-state index contributed by atoms with van der Waals surface area (Å²) in [5.41, 5.74) is 0.251. The molecule has 1 amide bonds. The van der Waals surface area contributed by atoms with Crippen molar-refractivity contribution in [3.8, 4) is 0 Å². The van der Waals surface area contributed by atoms with E-state index in [4.69, 9.17) is 16.3 Å². The predicted molar refractivity (Wildman–Crippen MR) is 85.8 cm³/mol. The number of ether oxygens (including phenoxy) is 1. The van der Waals surface area contributed by atoms with Crippen LogP contribution >= 0.6 is 11.6 Å². The Labute approximate surface area is 136 Å². The van der Waals surface area contributed by atoms with Crippen molar-refractivity contribution in [3.63, 3.8) is 0 Å². The number of amides is 1. The van der Waals surface area contributed by atoms with Gasteiger partial charge in [0.05, 0.1) is 5.02 Å². The minimum absolute atomic E-state index is 0.0823. The van der Waals surface area contributed by atoms with E-state index < -0.39 is 10.0 Å². The smallest absolute Gasteiger partial charge is 0.251 e. The third-order valence-corrected chi connectivity index (χ3v) is 5.20. The summed E-state index contributed by atoms with van der Waals surface area (Å²) in [5.74, 6) is -0.344. The Morgan fingerprint density at radius 2 is 2.05 bits per heavy atom.